The lowest BCUT2D eigenvalue weighted by Gasteiger charge is -2.21. The molecule has 3 nitrogen and oxygen atoms in total. The molecule has 1 aliphatic carbocycles. The number of amides is 1. The number of rotatable bonds is 2. The summed E-state index contributed by atoms with van der Waals surface area (Å²) < 4.78 is 0. The Kier molecular flexibility index (Phi) is 3.29. The first-order chi connectivity index (χ1) is 7.18. The Hall–Kier alpha value is -0.570. The van der Waals surface area contributed by atoms with Crippen molar-refractivity contribution in [2.24, 2.45) is 17.8 Å². The zero-order valence-electron chi connectivity index (χ0n) is 9.75. The minimum absolute atomic E-state index is 0.192. The van der Waals surface area contributed by atoms with Crippen LogP contribution < -0.4 is 10.6 Å². The molecule has 2 rings (SSSR count). The molecule has 0 aromatic rings. The van der Waals surface area contributed by atoms with Gasteiger partial charge in [-0.1, -0.05) is 20.3 Å². The first kappa shape index (κ1) is 10.9. The van der Waals surface area contributed by atoms with Gasteiger partial charge in [-0.3, -0.25) is 4.79 Å². The molecule has 2 N–H and O–H groups in total. The van der Waals surface area contributed by atoms with Gasteiger partial charge in [0.1, 0.15) is 0 Å². The lowest BCUT2D eigenvalue weighted by molar-refractivity contribution is -0.126. The molecule has 0 bridgehead atoms. The minimum atomic E-state index is 0.192. The molecule has 4 atom stereocenters. The second kappa shape index (κ2) is 4.52. The lowest BCUT2D eigenvalue weighted by atomic mass is 9.96. The van der Waals surface area contributed by atoms with Gasteiger partial charge in [-0.05, 0) is 31.2 Å². The van der Waals surface area contributed by atoms with Gasteiger partial charge in [0.05, 0.1) is 5.92 Å². The summed E-state index contributed by atoms with van der Waals surface area (Å²) >= 11 is 0. The maximum atomic E-state index is 12.0. The van der Waals surface area contributed by atoms with Crippen LogP contribution in [-0.2, 0) is 4.79 Å². The molecule has 1 amide bonds. The Morgan fingerprint density at radius 2 is 2.00 bits per heavy atom. The Morgan fingerprint density at radius 1 is 1.20 bits per heavy atom. The molecule has 2 fully saturated rings. The Bertz CT molecular complexity index is 242. The maximum absolute atomic E-state index is 12.0. The van der Waals surface area contributed by atoms with E-state index in [0.717, 1.165) is 13.1 Å². The van der Waals surface area contributed by atoms with Gasteiger partial charge in [-0.25, -0.2) is 0 Å². The van der Waals surface area contributed by atoms with Crippen molar-refractivity contribution in [1.82, 2.24) is 10.6 Å². The Balaban J connectivity index is 1.86. The summed E-state index contributed by atoms with van der Waals surface area (Å²) in [5.74, 6) is 1.62. The summed E-state index contributed by atoms with van der Waals surface area (Å²) in [5.41, 5.74) is 0. The number of carbonyl (C=O) groups excluding carboxylic acids is 1. The summed E-state index contributed by atoms with van der Waals surface area (Å²) in [6, 6.07) is 0.435. The van der Waals surface area contributed by atoms with Crippen molar-refractivity contribution in [3.8, 4) is 0 Å². The summed E-state index contributed by atoms with van der Waals surface area (Å²) in [6.07, 6.45) is 3.70. The second-order valence-electron chi connectivity index (χ2n) is 5.27. The van der Waals surface area contributed by atoms with Gasteiger partial charge in [0.25, 0.3) is 0 Å². The van der Waals surface area contributed by atoms with Gasteiger partial charge in [0.15, 0.2) is 0 Å². The SMILES string of the molecule is CC1CCCC1NC(=O)C1CNCC1C. The predicted octanol–water partition coefficient (Wildman–Crippen LogP) is 1.15. The number of hydrogen-bond donors (Lipinski definition) is 2. The molecule has 1 saturated carbocycles. The summed E-state index contributed by atoms with van der Waals surface area (Å²) in [6.45, 7) is 6.24. The van der Waals surface area contributed by atoms with Gasteiger partial charge in [0, 0.05) is 12.6 Å². The van der Waals surface area contributed by atoms with Crippen molar-refractivity contribution < 1.29 is 4.79 Å². The smallest absolute Gasteiger partial charge is 0.224 e. The van der Waals surface area contributed by atoms with E-state index in [4.69, 9.17) is 0 Å². The van der Waals surface area contributed by atoms with E-state index < -0.39 is 0 Å². The van der Waals surface area contributed by atoms with E-state index >= 15 is 0 Å². The largest absolute Gasteiger partial charge is 0.353 e. The second-order valence-corrected chi connectivity index (χ2v) is 5.27. The van der Waals surface area contributed by atoms with E-state index in [2.05, 4.69) is 24.5 Å². The van der Waals surface area contributed by atoms with Crippen molar-refractivity contribution in [3.05, 3.63) is 0 Å². The fraction of sp³-hybridized carbons (Fsp3) is 0.917. The molecule has 15 heavy (non-hydrogen) atoms. The summed E-state index contributed by atoms with van der Waals surface area (Å²) in [5, 5.41) is 6.50. The molecule has 3 heteroatoms. The molecular formula is C12H22N2O. The van der Waals surface area contributed by atoms with Gasteiger partial charge >= 0.3 is 0 Å². The lowest BCUT2D eigenvalue weighted by Crippen LogP contribution is -2.42. The number of hydrogen-bond acceptors (Lipinski definition) is 2. The van der Waals surface area contributed by atoms with E-state index in [0.29, 0.717) is 17.9 Å². The van der Waals surface area contributed by atoms with Crippen molar-refractivity contribution in [1.29, 1.82) is 0 Å². The van der Waals surface area contributed by atoms with Crippen molar-refractivity contribution in [3.63, 3.8) is 0 Å². The molecular weight excluding hydrogens is 188 g/mol. The zero-order chi connectivity index (χ0) is 10.8. The third kappa shape index (κ3) is 2.33. The Morgan fingerprint density at radius 3 is 2.53 bits per heavy atom. The molecule has 0 radical (unpaired) electrons. The first-order valence-electron chi connectivity index (χ1n) is 6.19. The van der Waals surface area contributed by atoms with Gasteiger partial charge in [-0.15, -0.1) is 0 Å². The van der Waals surface area contributed by atoms with Crippen molar-refractivity contribution in [2.45, 2.75) is 39.2 Å². The van der Waals surface area contributed by atoms with Crippen LogP contribution in [0.3, 0.4) is 0 Å². The molecule has 0 spiro atoms. The van der Waals surface area contributed by atoms with Crippen LogP contribution in [0.25, 0.3) is 0 Å². The molecule has 0 aromatic carbocycles. The van der Waals surface area contributed by atoms with Crippen LogP contribution in [-0.4, -0.2) is 25.0 Å². The van der Waals surface area contributed by atoms with Crippen LogP contribution in [0.1, 0.15) is 33.1 Å². The van der Waals surface area contributed by atoms with Crippen molar-refractivity contribution in [2.75, 3.05) is 13.1 Å². The van der Waals surface area contributed by atoms with E-state index in [1.54, 1.807) is 0 Å². The molecule has 1 heterocycles. The van der Waals surface area contributed by atoms with Crippen LogP contribution in [0, 0.1) is 17.8 Å². The highest BCUT2D eigenvalue weighted by Crippen LogP contribution is 2.26. The number of nitrogens with one attached hydrogen (secondary N) is 2. The van der Waals surface area contributed by atoms with Crippen molar-refractivity contribution >= 4 is 5.91 Å². The normalized spacial score (nSPS) is 40.7. The van der Waals surface area contributed by atoms with E-state index in [1.165, 1.54) is 19.3 Å². The van der Waals surface area contributed by atoms with Gasteiger partial charge < -0.3 is 10.6 Å². The molecule has 0 aromatic heterocycles. The van der Waals surface area contributed by atoms with Crippen LogP contribution in [0.15, 0.2) is 0 Å². The highest BCUT2D eigenvalue weighted by Gasteiger charge is 2.32. The van der Waals surface area contributed by atoms with E-state index in [9.17, 15) is 4.79 Å². The molecule has 1 aliphatic heterocycles. The highest BCUT2D eigenvalue weighted by atomic mass is 16.2. The third-order valence-corrected chi connectivity index (χ3v) is 4.04. The monoisotopic (exact) mass is 210 g/mol. The highest BCUT2D eigenvalue weighted by molar-refractivity contribution is 5.79. The fourth-order valence-corrected chi connectivity index (χ4v) is 2.81. The summed E-state index contributed by atoms with van der Waals surface area (Å²) in [4.78, 5) is 12.0. The molecule has 2 aliphatic rings. The standard InChI is InChI=1S/C12H22N2O/c1-8-4-3-5-11(8)14-12(15)10-7-13-6-9(10)2/h8-11,13H,3-7H2,1-2H3,(H,14,15). The molecule has 1 saturated heterocycles. The zero-order valence-corrected chi connectivity index (χ0v) is 9.75. The predicted molar refractivity (Wildman–Crippen MR) is 60.5 cm³/mol. The average Bonchev–Trinajstić information content (AvgIpc) is 2.76. The fourth-order valence-electron chi connectivity index (χ4n) is 2.81. The maximum Gasteiger partial charge on any atom is 0.224 e. The molecule has 4 unspecified atom stereocenters. The van der Waals surface area contributed by atoms with Crippen LogP contribution in [0.2, 0.25) is 0 Å². The van der Waals surface area contributed by atoms with Gasteiger partial charge in [0.2, 0.25) is 5.91 Å². The van der Waals surface area contributed by atoms with E-state index in [-0.39, 0.29) is 11.8 Å². The molecule has 86 valence electrons. The quantitative estimate of drug-likeness (QED) is 0.718. The summed E-state index contributed by atoms with van der Waals surface area (Å²) in [7, 11) is 0. The van der Waals surface area contributed by atoms with Crippen LogP contribution >= 0.6 is 0 Å². The Labute approximate surface area is 92.0 Å². The third-order valence-electron chi connectivity index (χ3n) is 4.04. The minimum Gasteiger partial charge on any atom is -0.353 e. The van der Waals surface area contributed by atoms with Gasteiger partial charge in [-0.2, -0.15) is 0 Å². The first-order valence-corrected chi connectivity index (χ1v) is 6.19. The van der Waals surface area contributed by atoms with Crippen LogP contribution in [0.5, 0.6) is 0 Å². The van der Waals surface area contributed by atoms with Crippen LogP contribution in [0.4, 0.5) is 0 Å². The number of carbonyl (C=O) groups is 1. The topological polar surface area (TPSA) is 41.1 Å². The van der Waals surface area contributed by atoms with E-state index in [1.807, 2.05) is 0 Å². The average molecular weight is 210 g/mol.